The van der Waals surface area contributed by atoms with Crippen LogP contribution in [0.3, 0.4) is 0 Å². The van der Waals surface area contributed by atoms with Gasteiger partial charge in [-0.2, -0.15) is 0 Å². The van der Waals surface area contributed by atoms with Crippen LogP contribution < -0.4 is 5.32 Å². The fourth-order valence-electron chi connectivity index (χ4n) is 2.86. The normalized spacial score (nSPS) is 12.0. The topological polar surface area (TPSA) is 38.3 Å². The largest absolute Gasteiger partial charge is 0.462 e. The smallest absolute Gasteiger partial charge is 0.340 e. The standard InChI is InChI=1S/C23H31NO2S/c1-8-26-21(25)16-11-9-10-12-18(16)24-19-14-15(22(2,3)4)13-17(20(19)27)23(5,6)7/h9-14,24,27H,8H2,1-7H3. The summed E-state index contributed by atoms with van der Waals surface area (Å²) in [6.07, 6.45) is 0. The first-order valence-corrected chi connectivity index (χ1v) is 9.81. The third-order valence-electron chi connectivity index (χ3n) is 4.48. The minimum Gasteiger partial charge on any atom is -0.462 e. The Morgan fingerprint density at radius 2 is 1.63 bits per heavy atom. The molecule has 2 aromatic carbocycles. The van der Waals surface area contributed by atoms with Gasteiger partial charge in [-0.15, -0.1) is 12.6 Å². The van der Waals surface area contributed by atoms with Gasteiger partial charge in [0.1, 0.15) is 0 Å². The van der Waals surface area contributed by atoms with Gasteiger partial charge in [0.05, 0.1) is 23.5 Å². The number of rotatable bonds is 4. The number of anilines is 2. The highest BCUT2D eigenvalue weighted by Crippen LogP contribution is 2.39. The zero-order chi connectivity index (χ0) is 20.4. The number of ether oxygens (including phenoxy) is 1. The first kappa shape index (κ1) is 21.4. The SMILES string of the molecule is CCOC(=O)c1ccccc1Nc1cc(C(C)(C)C)cc(C(C)(C)C)c1S. The van der Waals surface area contributed by atoms with E-state index in [-0.39, 0.29) is 16.8 Å². The van der Waals surface area contributed by atoms with Crippen LogP contribution in [0.15, 0.2) is 41.3 Å². The molecule has 0 saturated heterocycles. The molecule has 0 aliphatic heterocycles. The lowest BCUT2D eigenvalue weighted by atomic mass is 9.80. The molecule has 0 atom stereocenters. The molecule has 0 amide bonds. The van der Waals surface area contributed by atoms with Crippen molar-refractivity contribution in [3.05, 3.63) is 53.1 Å². The Labute approximate surface area is 168 Å². The van der Waals surface area contributed by atoms with E-state index in [4.69, 9.17) is 17.4 Å². The van der Waals surface area contributed by atoms with Crippen LogP contribution in [0.2, 0.25) is 0 Å². The Morgan fingerprint density at radius 1 is 1.00 bits per heavy atom. The fraction of sp³-hybridized carbons (Fsp3) is 0.435. The maximum atomic E-state index is 12.3. The molecule has 0 aliphatic carbocycles. The Kier molecular flexibility index (Phi) is 6.31. The predicted octanol–water partition coefficient (Wildman–Crippen LogP) is 6.49. The molecule has 4 heteroatoms. The monoisotopic (exact) mass is 385 g/mol. The molecule has 0 heterocycles. The second kappa shape index (κ2) is 7.97. The average Bonchev–Trinajstić information content (AvgIpc) is 2.55. The van der Waals surface area contributed by atoms with Gasteiger partial charge < -0.3 is 10.1 Å². The first-order chi connectivity index (χ1) is 12.4. The van der Waals surface area contributed by atoms with Crippen molar-refractivity contribution >= 4 is 30.0 Å². The van der Waals surface area contributed by atoms with E-state index < -0.39 is 0 Å². The zero-order valence-corrected chi connectivity index (χ0v) is 18.3. The van der Waals surface area contributed by atoms with Crippen LogP contribution in [0.25, 0.3) is 0 Å². The number of para-hydroxylation sites is 1. The molecule has 146 valence electrons. The molecule has 0 aliphatic rings. The van der Waals surface area contributed by atoms with E-state index in [9.17, 15) is 4.79 Å². The Balaban J connectivity index is 2.59. The van der Waals surface area contributed by atoms with E-state index in [1.807, 2.05) is 25.1 Å². The van der Waals surface area contributed by atoms with E-state index in [2.05, 4.69) is 59.0 Å². The van der Waals surface area contributed by atoms with Crippen molar-refractivity contribution in [2.75, 3.05) is 11.9 Å². The molecule has 3 nitrogen and oxygen atoms in total. The molecule has 27 heavy (non-hydrogen) atoms. The molecule has 0 bridgehead atoms. The van der Waals surface area contributed by atoms with Gasteiger partial charge in [-0.25, -0.2) is 4.79 Å². The average molecular weight is 386 g/mol. The third kappa shape index (κ3) is 5.07. The highest BCUT2D eigenvalue weighted by Gasteiger charge is 2.24. The Hall–Kier alpha value is -1.94. The lowest BCUT2D eigenvalue weighted by Gasteiger charge is -2.28. The first-order valence-electron chi connectivity index (χ1n) is 9.36. The molecule has 0 fully saturated rings. The van der Waals surface area contributed by atoms with Crippen molar-refractivity contribution < 1.29 is 9.53 Å². The lowest BCUT2D eigenvalue weighted by Crippen LogP contribution is -2.18. The maximum Gasteiger partial charge on any atom is 0.340 e. The predicted molar refractivity (Wildman–Crippen MR) is 117 cm³/mol. The Bertz CT molecular complexity index is 829. The van der Waals surface area contributed by atoms with Crippen LogP contribution in [0.4, 0.5) is 11.4 Å². The molecule has 0 unspecified atom stereocenters. The van der Waals surface area contributed by atoms with E-state index in [0.29, 0.717) is 12.2 Å². The molecule has 0 saturated carbocycles. The van der Waals surface area contributed by atoms with Crippen molar-refractivity contribution in [1.82, 2.24) is 0 Å². The van der Waals surface area contributed by atoms with Crippen molar-refractivity contribution in [3.63, 3.8) is 0 Å². The quantitative estimate of drug-likeness (QED) is 0.466. The van der Waals surface area contributed by atoms with Gasteiger partial charge in [0.25, 0.3) is 0 Å². The summed E-state index contributed by atoms with van der Waals surface area (Å²) in [6.45, 7) is 15.3. The number of nitrogens with one attached hydrogen (secondary N) is 1. The van der Waals surface area contributed by atoms with Gasteiger partial charge >= 0.3 is 5.97 Å². The van der Waals surface area contributed by atoms with Gasteiger partial charge in [0, 0.05) is 4.90 Å². The molecule has 0 radical (unpaired) electrons. The van der Waals surface area contributed by atoms with Crippen LogP contribution in [-0.4, -0.2) is 12.6 Å². The molecule has 0 spiro atoms. The number of esters is 1. The number of hydrogen-bond acceptors (Lipinski definition) is 4. The summed E-state index contributed by atoms with van der Waals surface area (Å²) in [7, 11) is 0. The molecule has 1 N–H and O–H groups in total. The van der Waals surface area contributed by atoms with E-state index in [0.717, 1.165) is 16.3 Å². The van der Waals surface area contributed by atoms with Crippen molar-refractivity contribution in [2.24, 2.45) is 0 Å². The minimum absolute atomic E-state index is 0.00142. The van der Waals surface area contributed by atoms with Gasteiger partial charge in [0.15, 0.2) is 0 Å². The number of benzene rings is 2. The second-order valence-electron chi connectivity index (χ2n) is 8.81. The summed E-state index contributed by atoms with van der Waals surface area (Å²) in [5.41, 5.74) is 4.49. The Morgan fingerprint density at radius 3 is 2.19 bits per heavy atom. The molecular weight excluding hydrogens is 354 g/mol. The summed E-state index contributed by atoms with van der Waals surface area (Å²) in [6, 6.07) is 11.8. The van der Waals surface area contributed by atoms with Gasteiger partial charge in [0.2, 0.25) is 0 Å². The van der Waals surface area contributed by atoms with Crippen molar-refractivity contribution in [3.8, 4) is 0 Å². The summed E-state index contributed by atoms with van der Waals surface area (Å²) in [4.78, 5) is 13.2. The lowest BCUT2D eigenvalue weighted by molar-refractivity contribution is 0.0527. The van der Waals surface area contributed by atoms with E-state index in [1.165, 1.54) is 11.1 Å². The molecule has 2 aromatic rings. The highest BCUT2D eigenvalue weighted by atomic mass is 32.1. The zero-order valence-electron chi connectivity index (χ0n) is 17.4. The molecule has 0 aromatic heterocycles. The number of thiol groups is 1. The highest BCUT2D eigenvalue weighted by molar-refractivity contribution is 7.80. The number of carbonyl (C=O) groups is 1. The maximum absolute atomic E-state index is 12.3. The van der Waals surface area contributed by atoms with Gasteiger partial charge in [-0.1, -0.05) is 59.7 Å². The molecular formula is C23H31NO2S. The van der Waals surface area contributed by atoms with Crippen molar-refractivity contribution in [1.29, 1.82) is 0 Å². The van der Waals surface area contributed by atoms with Crippen LogP contribution in [-0.2, 0) is 15.6 Å². The van der Waals surface area contributed by atoms with E-state index >= 15 is 0 Å². The van der Waals surface area contributed by atoms with Crippen LogP contribution in [0.5, 0.6) is 0 Å². The van der Waals surface area contributed by atoms with E-state index in [1.54, 1.807) is 6.07 Å². The fourth-order valence-corrected chi connectivity index (χ4v) is 3.38. The summed E-state index contributed by atoms with van der Waals surface area (Å²) < 4.78 is 5.19. The summed E-state index contributed by atoms with van der Waals surface area (Å²) in [5.74, 6) is -0.329. The number of carbonyl (C=O) groups excluding carboxylic acids is 1. The molecule has 2 rings (SSSR count). The summed E-state index contributed by atoms with van der Waals surface area (Å²) >= 11 is 4.83. The van der Waals surface area contributed by atoms with Gasteiger partial charge in [-0.05, 0) is 47.1 Å². The second-order valence-corrected chi connectivity index (χ2v) is 9.26. The number of hydrogen-bond donors (Lipinski definition) is 2. The van der Waals surface area contributed by atoms with Crippen molar-refractivity contribution in [2.45, 2.75) is 64.2 Å². The summed E-state index contributed by atoms with van der Waals surface area (Å²) in [5, 5.41) is 3.43. The third-order valence-corrected chi connectivity index (χ3v) is 4.96. The van der Waals surface area contributed by atoms with Crippen LogP contribution in [0, 0.1) is 0 Å². The van der Waals surface area contributed by atoms with Gasteiger partial charge in [-0.3, -0.25) is 0 Å². The van der Waals surface area contributed by atoms with Crippen LogP contribution in [0.1, 0.15) is 70.0 Å². The van der Waals surface area contributed by atoms with Crippen LogP contribution >= 0.6 is 12.6 Å². The minimum atomic E-state index is -0.329.